The lowest BCUT2D eigenvalue weighted by molar-refractivity contribution is -0.132. The molecule has 4 N–H and O–H groups in total. The molecule has 162 valence electrons. The number of hydrogen-bond acceptors (Lipinski definition) is 5. The molecule has 0 aliphatic carbocycles. The van der Waals surface area contributed by atoms with Crippen molar-refractivity contribution in [2.45, 2.75) is 6.54 Å². The van der Waals surface area contributed by atoms with Crippen LogP contribution in [-0.4, -0.2) is 33.0 Å². The summed E-state index contributed by atoms with van der Waals surface area (Å²) in [7, 11) is 0. The molecule has 2 amide bonds. The zero-order chi connectivity index (χ0) is 23.1. The Hall–Kier alpha value is -3.98. The Morgan fingerprint density at radius 3 is 2.50 bits per heavy atom. The summed E-state index contributed by atoms with van der Waals surface area (Å²) in [4.78, 5) is 40.5. The van der Waals surface area contributed by atoms with E-state index in [4.69, 9.17) is 0 Å². The fraction of sp³-hybridized carbons (Fsp3) is 0.0435. The van der Waals surface area contributed by atoms with E-state index in [9.17, 15) is 24.6 Å². The van der Waals surface area contributed by atoms with Crippen molar-refractivity contribution >= 4 is 39.8 Å². The standard InChI is InChI=1S/C23H18BrN3O5/c24-19-11-16(21(29)26-13-14-3-1-5-17(28)9-14)6-7-18(19)22(30)27-20(23(31)32)10-15-4-2-8-25-12-15/h1-12,28H,13H2,(H,26,29)(H,27,30)(H,31,32)/b20-10+. The van der Waals surface area contributed by atoms with Crippen molar-refractivity contribution in [3.8, 4) is 5.75 Å². The van der Waals surface area contributed by atoms with E-state index in [0.717, 1.165) is 5.56 Å². The number of carboxylic acid groups (broad SMARTS) is 1. The molecule has 0 aliphatic rings. The lowest BCUT2D eigenvalue weighted by atomic mass is 10.1. The first-order chi connectivity index (χ1) is 15.3. The molecule has 32 heavy (non-hydrogen) atoms. The Labute approximate surface area is 191 Å². The number of nitrogens with zero attached hydrogens (tertiary/aromatic N) is 1. The Bertz CT molecular complexity index is 1200. The van der Waals surface area contributed by atoms with Gasteiger partial charge in [0.2, 0.25) is 0 Å². The zero-order valence-electron chi connectivity index (χ0n) is 16.6. The number of carbonyl (C=O) groups is 3. The second kappa shape index (κ2) is 10.4. The van der Waals surface area contributed by atoms with Crippen molar-refractivity contribution in [1.82, 2.24) is 15.6 Å². The Morgan fingerprint density at radius 1 is 1.03 bits per heavy atom. The topological polar surface area (TPSA) is 129 Å². The highest BCUT2D eigenvalue weighted by atomic mass is 79.9. The van der Waals surface area contributed by atoms with Gasteiger partial charge in [-0.1, -0.05) is 18.2 Å². The first kappa shape index (κ1) is 22.7. The lowest BCUT2D eigenvalue weighted by Gasteiger charge is -2.10. The average molecular weight is 496 g/mol. The van der Waals surface area contributed by atoms with Gasteiger partial charge in [0.15, 0.2) is 0 Å². The summed E-state index contributed by atoms with van der Waals surface area (Å²) in [6.07, 6.45) is 4.31. The quantitative estimate of drug-likeness (QED) is 0.372. The zero-order valence-corrected chi connectivity index (χ0v) is 18.2. The first-order valence-corrected chi connectivity index (χ1v) is 10.1. The van der Waals surface area contributed by atoms with E-state index in [1.807, 2.05) is 0 Å². The Kier molecular flexibility index (Phi) is 7.35. The SMILES string of the molecule is O=C(O)/C(=C\c1cccnc1)NC(=O)c1ccc(C(=O)NCc2cccc(O)c2)cc1Br. The summed E-state index contributed by atoms with van der Waals surface area (Å²) in [5.41, 5.74) is 1.40. The molecule has 8 nitrogen and oxygen atoms in total. The number of phenolic OH excluding ortho intramolecular Hbond substituents is 1. The van der Waals surface area contributed by atoms with Gasteiger partial charge < -0.3 is 20.8 Å². The van der Waals surface area contributed by atoms with Crippen LogP contribution in [0.2, 0.25) is 0 Å². The van der Waals surface area contributed by atoms with Gasteiger partial charge in [-0.25, -0.2) is 4.79 Å². The van der Waals surface area contributed by atoms with Gasteiger partial charge in [0, 0.05) is 29.0 Å². The van der Waals surface area contributed by atoms with Crippen LogP contribution in [0, 0.1) is 0 Å². The van der Waals surface area contributed by atoms with Crippen molar-refractivity contribution in [3.63, 3.8) is 0 Å². The van der Waals surface area contributed by atoms with E-state index in [1.165, 1.54) is 36.5 Å². The monoisotopic (exact) mass is 495 g/mol. The number of hydrogen-bond donors (Lipinski definition) is 4. The van der Waals surface area contributed by atoms with Gasteiger partial charge in [-0.15, -0.1) is 0 Å². The highest BCUT2D eigenvalue weighted by molar-refractivity contribution is 9.10. The number of aliphatic carboxylic acids is 1. The molecule has 0 saturated heterocycles. The molecular formula is C23H18BrN3O5. The summed E-state index contributed by atoms with van der Waals surface area (Å²) < 4.78 is 0.325. The number of halogens is 1. The predicted molar refractivity (Wildman–Crippen MR) is 121 cm³/mol. The van der Waals surface area contributed by atoms with Crippen molar-refractivity contribution in [2.24, 2.45) is 0 Å². The van der Waals surface area contributed by atoms with Crippen LogP contribution in [0.1, 0.15) is 31.8 Å². The van der Waals surface area contributed by atoms with Crippen molar-refractivity contribution in [3.05, 3.63) is 99.4 Å². The molecule has 2 aromatic carbocycles. The first-order valence-electron chi connectivity index (χ1n) is 9.35. The second-order valence-electron chi connectivity index (χ2n) is 6.65. The van der Waals surface area contributed by atoms with E-state index in [0.29, 0.717) is 15.6 Å². The van der Waals surface area contributed by atoms with Crippen LogP contribution in [0.4, 0.5) is 0 Å². The largest absolute Gasteiger partial charge is 0.508 e. The fourth-order valence-corrected chi connectivity index (χ4v) is 3.32. The third-order valence-corrected chi connectivity index (χ3v) is 4.97. The molecule has 3 rings (SSSR count). The molecule has 0 bridgehead atoms. The third-order valence-electron chi connectivity index (χ3n) is 4.31. The number of amides is 2. The van der Waals surface area contributed by atoms with Crippen LogP contribution in [0.3, 0.4) is 0 Å². The van der Waals surface area contributed by atoms with Crippen LogP contribution in [0.25, 0.3) is 6.08 Å². The van der Waals surface area contributed by atoms with E-state index >= 15 is 0 Å². The molecule has 0 atom stereocenters. The number of carboxylic acids is 1. The van der Waals surface area contributed by atoms with Gasteiger partial charge in [0.25, 0.3) is 11.8 Å². The minimum Gasteiger partial charge on any atom is -0.508 e. The van der Waals surface area contributed by atoms with Gasteiger partial charge in [-0.05, 0) is 69.5 Å². The van der Waals surface area contributed by atoms with Gasteiger partial charge in [0.05, 0.1) is 5.56 Å². The summed E-state index contributed by atoms with van der Waals surface area (Å²) in [5.74, 6) is -2.22. The fourth-order valence-electron chi connectivity index (χ4n) is 2.76. The normalized spacial score (nSPS) is 11.0. The molecule has 0 unspecified atom stereocenters. The molecule has 0 fully saturated rings. The maximum atomic E-state index is 12.6. The number of phenols is 1. The third kappa shape index (κ3) is 6.02. The van der Waals surface area contributed by atoms with E-state index in [2.05, 4.69) is 31.5 Å². The average Bonchev–Trinajstić information content (AvgIpc) is 2.77. The van der Waals surface area contributed by atoms with Crippen molar-refractivity contribution < 1.29 is 24.6 Å². The number of aromatic hydroxyl groups is 1. The van der Waals surface area contributed by atoms with Gasteiger partial charge in [0.1, 0.15) is 11.4 Å². The number of aromatic nitrogens is 1. The molecule has 3 aromatic rings. The maximum Gasteiger partial charge on any atom is 0.352 e. The van der Waals surface area contributed by atoms with Gasteiger partial charge >= 0.3 is 5.97 Å². The molecule has 1 aromatic heterocycles. The van der Waals surface area contributed by atoms with E-state index in [1.54, 1.807) is 36.5 Å². The highest BCUT2D eigenvalue weighted by Gasteiger charge is 2.17. The maximum absolute atomic E-state index is 12.6. The summed E-state index contributed by atoms with van der Waals surface area (Å²) >= 11 is 3.26. The number of carbonyl (C=O) groups excluding carboxylic acids is 2. The smallest absolute Gasteiger partial charge is 0.352 e. The number of nitrogens with one attached hydrogen (secondary N) is 2. The lowest BCUT2D eigenvalue weighted by Crippen LogP contribution is -2.28. The minimum atomic E-state index is -1.30. The van der Waals surface area contributed by atoms with Crippen molar-refractivity contribution in [2.75, 3.05) is 0 Å². The Morgan fingerprint density at radius 2 is 1.84 bits per heavy atom. The molecular weight excluding hydrogens is 478 g/mol. The summed E-state index contributed by atoms with van der Waals surface area (Å²) in [6, 6.07) is 14.2. The highest BCUT2D eigenvalue weighted by Crippen LogP contribution is 2.20. The van der Waals surface area contributed by atoms with Crippen LogP contribution < -0.4 is 10.6 Å². The predicted octanol–water partition coefficient (Wildman–Crippen LogP) is 3.34. The van der Waals surface area contributed by atoms with E-state index in [-0.39, 0.29) is 29.5 Å². The molecule has 1 heterocycles. The summed E-state index contributed by atoms with van der Waals surface area (Å²) in [5, 5.41) is 24.0. The van der Waals surface area contributed by atoms with Crippen LogP contribution in [-0.2, 0) is 11.3 Å². The molecule has 0 spiro atoms. The molecule has 0 radical (unpaired) electrons. The van der Waals surface area contributed by atoms with Gasteiger partial charge in [-0.2, -0.15) is 0 Å². The minimum absolute atomic E-state index is 0.105. The van der Waals surface area contributed by atoms with Crippen LogP contribution in [0.5, 0.6) is 5.75 Å². The second-order valence-corrected chi connectivity index (χ2v) is 7.51. The van der Waals surface area contributed by atoms with Crippen molar-refractivity contribution in [1.29, 1.82) is 0 Å². The molecule has 9 heteroatoms. The van der Waals surface area contributed by atoms with Crippen LogP contribution in [0.15, 0.2) is 77.2 Å². The number of pyridine rings is 1. The number of benzene rings is 2. The number of rotatable bonds is 7. The Balaban J connectivity index is 1.70. The van der Waals surface area contributed by atoms with Gasteiger partial charge in [-0.3, -0.25) is 14.6 Å². The molecule has 0 aliphatic heterocycles. The van der Waals surface area contributed by atoms with Crippen LogP contribution >= 0.6 is 15.9 Å². The molecule has 0 saturated carbocycles. The van der Waals surface area contributed by atoms with E-state index < -0.39 is 11.9 Å². The summed E-state index contributed by atoms with van der Waals surface area (Å²) in [6.45, 7) is 0.216.